The second-order valence-corrected chi connectivity index (χ2v) is 2.34. The van der Waals surface area contributed by atoms with Crippen LogP contribution in [0.3, 0.4) is 0 Å². The molecule has 60 valence electrons. The van der Waals surface area contributed by atoms with Gasteiger partial charge in [-0.15, -0.1) is 0 Å². The van der Waals surface area contributed by atoms with E-state index in [1.165, 1.54) is 16.9 Å². The summed E-state index contributed by atoms with van der Waals surface area (Å²) >= 11 is 0. The highest BCUT2D eigenvalue weighted by Crippen LogP contribution is 1.93. The van der Waals surface area contributed by atoms with Gasteiger partial charge in [0.2, 0.25) is 0 Å². The molecule has 0 N–H and O–H groups in total. The van der Waals surface area contributed by atoms with Gasteiger partial charge in [-0.2, -0.15) is 0 Å². The predicted octanol–water partition coefficient (Wildman–Crippen LogP) is -0.207. The Morgan fingerprint density at radius 2 is 2.17 bits per heavy atom. The van der Waals surface area contributed by atoms with Crippen molar-refractivity contribution in [1.82, 2.24) is 19.4 Å². The first-order valence-corrected chi connectivity index (χ1v) is 3.44. The first kappa shape index (κ1) is 6.90. The van der Waals surface area contributed by atoms with Crippen molar-refractivity contribution in [2.24, 2.45) is 0 Å². The maximum absolute atomic E-state index is 11.2. The number of aromatic nitrogens is 4. The second kappa shape index (κ2) is 2.37. The van der Waals surface area contributed by atoms with E-state index in [0.717, 1.165) is 0 Å². The van der Waals surface area contributed by atoms with Crippen molar-refractivity contribution in [3.63, 3.8) is 0 Å². The van der Waals surface area contributed by atoms with Crippen LogP contribution in [-0.4, -0.2) is 19.4 Å². The molecule has 0 fully saturated rings. The molecular weight excluding hydrogens is 156 g/mol. The standard InChI is InChI=1S/C7H6N4O/c1-5-9-4-10-6-2-3-8-7(12)11(5)6/h2-4H,1H3. The average molecular weight is 162 g/mol. The Labute approximate surface area is 67.7 Å². The molecule has 5 heteroatoms. The molecule has 2 aromatic heterocycles. The number of rotatable bonds is 0. The largest absolute Gasteiger partial charge is 0.354 e. The van der Waals surface area contributed by atoms with E-state index in [1.807, 2.05) is 0 Å². The molecule has 0 atom stereocenters. The molecule has 0 spiro atoms. The molecule has 5 nitrogen and oxygen atoms in total. The monoisotopic (exact) mass is 162 g/mol. The van der Waals surface area contributed by atoms with Crippen molar-refractivity contribution in [3.05, 3.63) is 34.9 Å². The summed E-state index contributed by atoms with van der Waals surface area (Å²) in [6.45, 7) is 1.73. The van der Waals surface area contributed by atoms with Crippen LogP contribution in [0.5, 0.6) is 0 Å². The first-order valence-electron chi connectivity index (χ1n) is 3.44. The van der Waals surface area contributed by atoms with E-state index in [1.54, 1.807) is 13.0 Å². The minimum atomic E-state index is -0.342. The van der Waals surface area contributed by atoms with Crippen molar-refractivity contribution in [2.75, 3.05) is 0 Å². The summed E-state index contributed by atoms with van der Waals surface area (Å²) in [7, 11) is 0. The number of fused-ring (bicyclic) bond motifs is 1. The summed E-state index contributed by atoms with van der Waals surface area (Å²) in [5.41, 5.74) is 0.230. The third-order valence-corrected chi connectivity index (χ3v) is 1.59. The Morgan fingerprint density at radius 1 is 1.33 bits per heavy atom. The lowest BCUT2D eigenvalue weighted by Gasteiger charge is -1.99. The van der Waals surface area contributed by atoms with E-state index in [9.17, 15) is 4.79 Å². The maximum atomic E-state index is 11.2. The van der Waals surface area contributed by atoms with Crippen LogP contribution in [0.2, 0.25) is 0 Å². The van der Waals surface area contributed by atoms with E-state index in [-0.39, 0.29) is 5.69 Å². The van der Waals surface area contributed by atoms with Crippen molar-refractivity contribution in [2.45, 2.75) is 6.92 Å². The second-order valence-electron chi connectivity index (χ2n) is 2.34. The normalized spacial score (nSPS) is 10.4. The highest BCUT2D eigenvalue weighted by Gasteiger charge is 1.98. The zero-order chi connectivity index (χ0) is 8.55. The van der Waals surface area contributed by atoms with Crippen LogP contribution in [0.4, 0.5) is 0 Å². The van der Waals surface area contributed by atoms with Gasteiger partial charge >= 0.3 is 5.69 Å². The van der Waals surface area contributed by atoms with E-state index in [2.05, 4.69) is 15.0 Å². The third-order valence-electron chi connectivity index (χ3n) is 1.59. The van der Waals surface area contributed by atoms with Crippen LogP contribution in [0.15, 0.2) is 23.4 Å². The average Bonchev–Trinajstić information content (AvgIpc) is 2.04. The molecule has 0 radical (unpaired) electrons. The smallest absolute Gasteiger partial charge is 0.245 e. The molecule has 0 saturated carbocycles. The van der Waals surface area contributed by atoms with E-state index in [0.29, 0.717) is 11.5 Å². The van der Waals surface area contributed by atoms with Crippen LogP contribution in [-0.2, 0) is 0 Å². The Morgan fingerprint density at radius 3 is 2.92 bits per heavy atom. The number of hydrogen-bond donors (Lipinski definition) is 0. The van der Waals surface area contributed by atoms with Gasteiger partial charge in [0.25, 0.3) is 0 Å². The minimum absolute atomic E-state index is 0.342. The van der Waals surface area contributed by atoms with Crippen molar-refractivity contribution in [3.8, 4) is 0 Å². The fraction of sp³-hybridized carbons (Fsp3) is 0.143. The van der Waals surface area contributed by atoms with Gasteiger partial charge < -0.3 is 0 Å². The Bertz CT molecular complexity index is 471. The predicted molar refractivity (Wildman–Crippen MR) is 41.8 cm³/mol. The molecule has 0 aliphatic carbocycles. The SMILES string of the molecule is Cc1ncnc2ccnc(=O)n12. The molecule has 2 rings (SSSR count). The number of hydrogen-bond acceptors (Lipinski definition) is 4. The van der Waals surface area contributed by atoms with Gasteiger partial charge in [-0.1, -0.05) is 0 Å². The van der Waals surface area contributed by atoms with Gasteiger partial charge in [-0.25, -0.2) is 24.1 Å². The number of nitrogens with zero attached hydrogens (tertiary/aromatic N) is 4. The Kier molecular flexibility index (Phi) is 1.36. The molecule has 0 aliphatic heterocycles. The topological polar surface area (TPSA) is 60.2 Å². The van der Waals surface area contributed by atoms with Crippen LogP contribution in [0.1, 0.15) is 5.82 Å². The number of aryl methyl sites for hydroxylation is 1. The summed E-state index contributed by atoms with van der Waals surface area (Å²) in [5, 5.41) is 0. The molecule has 0 bridgehead atoms. The van der Waals surface area contributed by atoms with Crippen LogP contribution in [0, 0.1) is 6.92 Å². The van der Waals surface area contributed by atoms with Gasteiger partial charge in [0.1, 0.15) is 17.8 Å². The highest BCUT2D eigenvalue weighted by atomic mass is 16.1. The van der Waals surface area contributed by atoms with E-state index in [4.69, 9.17) is 0 Å². The van der Waals surface area contributed by atoms with Crippen LogP contribution < -0.4 is 5.69 Å². The van der Waals surface area contributed by atoms with E-state index >= 15 is 0 Å². The lowest BCUT2D eigenvalue weighted by Crippen LogP contribution is -2.19. The summed E-state index contributed by atoms with van der Waals surface area (Å²) in [6.07, 6.45) is 2.86. The van der Waals surface area contributed by atoms with Crippen molar-refractivity contribution >= 4 is 5.65 Å². The lowest BCUT2D eigenvalue weighted by molar-refractivity contribution is 0.866. The zero-order valence-electron chi connectivity index (χ0n) is 6.43. The molecule has 0 aromatic carbocycles. The van der Waals surface area contributed by atoms with Gasteiger partial charge in [0.15, 0.2) is 0 Å². The fourth-order valence-electron chi connectivity index (χ4n) is 1.03. The summed E-state index contributed by atoms with van der Waals surface area (Å²) in [5.74, 6) is 0.595. The minimum Gasteiger partial charge on any atom is -0.245 e. The quantitative estimate of drug-likeness (QED) is 0.538. The Balaban J connectivity index is 3.07. The summed E-state index contributed by atoms with van der Waals surface area (Å²) in [4.78, 5) is 22.6. The van der Waals surface area contributed by atoms with Crippen molar-refractivity contribution < 1.29 is 0 Å². The first-order chi connectivity index (χ1) is 5.79. The molecule has 0 amide bonds. The molecule has 12 heavy (non-hydrogen) atoms. The molecule has 0 aliphatic rings. The summed E-state index contributed by atoms with van der Waals surface area (Å²) < 4.78 is 1.36. The van der Waals surface area contributed by atoms with Gasteiger partial charge in [-0.3, -0.25) is 0 Å². The maximum Gasteiger partial charge on any atom is 0.354 e. The lowest BCUT2D eigenvalue weighted by atomic mass is 10.5. The van der Waals surface area contributed by atoms with Gasteiger partial charge in [0, 0.05) is 12.3 Å². The highest BCUT2D eigenvalue weighted by molar-refractivity contribution is 5.34. The van der Waals surface area contributed by atoms with Gasteiger partial charge in [0.05, 0.1) is 0 Å². The summed E-state index contributed by atoms with van der Waals surface area (Å²) in [6, 6.07) is 1.66. The molecule has 2 heterocycles. The zero-order valence-corrected chi connectivity index (χ0v) is 6.43. The third kappa shape index (κ3) is 0.868. The van der Waals surface area contributed by atoms with Crippen LogP contribution in [0.25, 0.3) is 5.65 Å². The van der Waals surface area contributed by atoms with E-state index < -0.39 is 0 Å². The molecule has 0 unspecified atom stereocenters. The molecular formula is C7H6N4O. The van der Waals surface area contributed by atoms with Crippen molar-refractivity contribution in [1.29, 1.82) is 0 Å². The fourth-order valence-corrected chi connectivity index (χ4v) is 1.03. The Hall–Kier alpha value is -1.78. The molecule has 0 saturated heterocycles. The van der Waals surface area contributed by atoms with Gasteiger partial charge in [-0.05, 0) is 6.92 Å². The van der Waals surface area contributed by atoms with Crippen LogP contribution >= 0.6 is 0 Å². The molecule has 2 aromatic rings.